The summed E-state index contributed by atoms with van der Waals surface area (Å²) >= 11 is 7.22. The third kappa shape index (κ3) is 10.2. The van der Waals surface area contributed by atoms with Gasteiger partial charge in [0.05, 0.1) is 5.71 Å². The second-order valence-corrected chi connectivity index (χ2v) is 11.8. The van der Waals surface area contributed by atoms with Gasteiger partial charge in [0.2, 0.25) is 5.91 Å². The summed E-state index contributed by atoms with van der Waals surface area (Å²) in [7, 11) is 2.16. The summed E-state index contributed by atoms with van der Waals surface area (Å²) in [6.45, 7) is 20.4. The van der Waals surface area contributed by atoms with Crippen LogP contribution >= 0.6 is 22.9 Å². The summed E-state index contributed by atoms with van der Waals surface area (Å²) in [5.41, 5.74) is 3.14. The molecule has 1 aromatic carbocycles. The topological polar surface area (TPSA) is 116 Å². The Labute approximate surface area is 271 Å². The average molecular weight is 646 g/mol. The number of fused-ring (bicyclic) bond motifs is 3. The molecule has 1 amide bonds. The van der Waals surface area contributed by atoms with E-state index in [4.69, 9.17) is 16.6 Å². The van der Waals surface area contributed by atoms with E-state index in [1.165, 1.54) is 30.8 Å². The van der Waals surface area contributed by atoms with Crippen molar-refractivity contribution < 1.29 is 14.7 Å². The summed E-state index contributed by atoms with van der Waals surface area (Å²) in [5, 5.41) is 22.1. The van der Waals surface area contributed by atoms with Crippen LogP contribution in [-0.4, -0.2) is 93.6 Å². The SMILES string of the molecule is CC.CC(=O)NCCCN1CCN(C)CC1.CCC.Cc1c(C(=O)O)sc2c1C(c1ccc(Cl)cc1)=NCc1nnc(C)n1-2. The normalized spacial score (nSPS) is 14.2. The minimum absolute atomic E-state index is 0.0726. The molecule has 2 aliphatic rings. The Morgan fingerprint density at radius 1 is 1.05 bits per heavy atom. The van der Waals surface area contributed by atoms with E-state index in [0.29, 0.717) is 33.7 Å². The maximum atomic E-state index is 11.7. The molecule has 0 atom stereocenters. The summed E-state index contributed by atoms with van der Waals surface area (Å²) < 4.78 is 1.89. The molecule has 12 heteroatoms. The van der Waals surface area contributed by atoms with Gasteiger partial charge in [0.1, 0.15) is 22.2 Å². The monoisotopic (exact) mass is 645 g/mol. The van der Waals surface area contributed by atoms with E-state index in [2.05, 4.69) is 46.2 Å². The molecule has 3 aromatic rings. The molecule has 2 aromatic heterocycles. The lowest BCUT2D eigenvalue weighted by atomic mass is 10.00. The number of carbonyl (C=O) groups is 2. The number of hydrogen-bond acceptors (Lipinski definition) is 8. The minimum atomic E-state index is -0.946. The zero-order valence-corrected chi connectivity index (χ0v) is 29.0. The number of carboxylic acid groups (broad SMARTS) is 1. The molecule has 2 aliphatic heterocycles. The molecule has 1 saturated heterocycles. The van der Waals surface area contributed by atoms with Crippen LogP contribution in [0.3, 0.4) is 0 Å². The zero-order chi connectivity index (χ0) is 32.8. The summed E-state index contributed by atoms with van der Waals surface area (Å²) in [5.74, 6) is 0.532. The zero-order valence-electron chi connectivity index (χ0n) is 27.4. The average Bonchev–Trinajstić information content (AvgIpc) is 3.48. The van der Waals surface area contributed by atoms with Crippen LogP contribution in [0.1, 0.15) is 85.5 Å². The van der Waals surface area contributed by atoms with Crippen LogP contribution in [0.4, 0.5) is 0 Å². The number of aliphatic imine (C=N–C) groups is 1. The molecule has 0 saturated carbocycles. The molecule has 4 heterocycles. The lowest BCUT2D eigenvalue weighted by molar-refractivity contribution is -0.118. The van der Waals surface area contributed by atoms with Gasteiger partial charge < -0.3 is 20.2 Å². The molecule has 0 aliphatic carbocycles. The molecule has 0 bridgehead atoms. The van der Waals surface area contributed by atoms with Crippen LogP contribution in [-0.2, 0) is 11.3 Å². The lowest BCUT2D eigenvalue weighted by Gasteiger charge is -2.32. The molecule has 44 heavy (non-hydrogen) atoms. The molecule has 5 rings (SSSR count). The van der Waals surface area contributed by atoms with Crippen molar-refractivity contribution in [1.29, 1.82) is 0 Å². The number of halogens is 1. The third-order valence-corrected chi connectivity index (χ3v) is 8.29. The maximum absolute atomic E-state index is 11.7. The van der Waals surface area contributed by atoms with Gasteiger partial charge in [-0.15, -0.1) is 21.5 Å². The number of piperazine rings is 1. The van der Waals surface area contributed by atoms with Crippen molar-refractivity contribution in [2.75, 3.05) is 46.3 Å². The number of rotatable bonds is 6. The maximum Gasteiger partial charge on any atom is 0.346 e. The van der Waals surface area contributed by atoms with Crippen LogP contribution in [0.25, 0.3) is 5.00 Å². The second kappa shape index (κ2) is 18.6. The van der Waals surface area contributed by atoms with Crippen molar-refractivity contribution in [2.45, 2.75) is 67.9 Å². The van der Waals surface area contributed by atoms with Gasteiger partial charge in [-0.3, -0.25) is 14.4 Å². The molecule has 0 spiro atoms. The van der Waals surface area contributed by atoms with Crippen LogP contribution in [0.5, 0.6) is 0 Å². The fourth-order valence-electron chi connectivity index (χ4n) is 4.62. The number of nitrogens with one attached hydrogen (secondary N) is 1. The highest BCUT2D eigenvalue weighted by Crippen LogP contribution is 2.36. The lowest BCUT2D eigenvalue weighted by Crippen LogP contribution is -2.45. The summed E-state index contributed by atoms with van der Waals surface area (Å²) in [4.78, 5) is 32.1. The number of nitrogens with zero attached hydrogens (tertiary/aromatic N) is 6. The van der Waals surface area contributed by atoms with Gasteiger partial charge in [-0.1, -0.05) is 57.8 Å². The molecule has 2 N–H and O–H groups in total. The first-order valence-electron chi connectivity index (χ1n) is 15.3. The summed E-state index contributed by atoms with van der Waals surface area (Å²) in [6.07, 6.45) is 2.31. The van der Waals surface area contributed by atoms with E-state index >= 15 is 0 Å². The predicted octanol–water partition coefficient (Wildman–Crippen LogP) is 5.85. The number of carboxylic acids is 1. The van der Waals surface area contributed by atoms with Crippen molar-refractivity contribution in [3.05, 3.63) is 62.5 Å². The van der Waals surface area contributed by atoms with Gasteiger partial charge >= 0.3 is 5.97 Å². The first kappa shape index (κ1) is 37.1. The highest BCUT2D eigenvalue weighted by Gasteiger charge is 2.29. The molecule has 10 nitrogen and oxygen atoms in total. The molecule has 0 unspecified atom stereocenters. The number of thiophene rings is 1. The van der Waals surface area contributed by atoms with Crippen LogP contribution in [0, 0.1) is 13.8 Å². The third-order valence-electron chi connectivity index (χ3n) is 6.77. The Bertz CT molecular complexity index is 1380. The smallest absolute Gasteiger partial charge is 0.346 e. The Kier molecular flexibility index (Phi) is 15.7. The number of aromatic carboxylic acids is 1. The predicted molar refractivity (Wildman–Crippen MR) is 181 cm³/mol. The number of carbonyl (C=O) groups excluding carboxylic acids is 1. The number of amides is 1. The minimum Gasteiger partial charge on any atom is -0.477 e. The van der Waals surface area contributed by atoms with Crippen molar-refractivity contribution >= 4 is 40.5 Å². The van der Waals surface area contributed by atoms with Crippen molar-refractivity contribution in [2.24, 2.45) is 4.99 Å². The number of aromatic nitrogens is 3. The summed E-state index contributed by atoms with van der Waals surface area (Å²) in [6, 6.07) is 7.38. The van der Waals surface area contributed by atoms with Gasteiger partial charge in [0.15, 0.2) is 5.82 Å². The van der Waals surface area contributed by atoms with Gasteiger partial charge in [-0.05, 0) is 51.6 Å². The van der Waals surface area contributed by atoms with E-state index in [-0.39, 0.29) is 5.91 Å². The molecule has 242 valence electrons. The van der Waals surface area contributed by atoms with Crippen LogP contribution in [0.2, 0.25) is 5.02 Å². The largest absolute Gasteiger partial charge is 0.477 e. The van der Waals surface area contributed by atoms with Crippen molar-refractivity contribution in [3.63, 3.8) is 0 Å². The van der Waals surface area contributed by atoms with E-state index in [1.54, 1.807) is 19.1 Å². The number of aryl methyl sites for hydroxylation is 1. The van der Waals surface area contributed by atoms with Gasteiger partial charge in [-0.2, -0.15) is 0 Å². The Morgan fingerprint density at radius 2 is 1.66 bits per heavy atom. The van der Waals surface area contributed by atoms with Crippen molar-refractivity contribution in [3.8, 4) is 5.00 Å². The van der Waals surface area contributed by atoms with E-state index in [1.807, 2.05) is 44.4 Å². The van der Waals surface area contributed by atoms with Crippen molar-refractivity contribution in [1.82, 2.24) is 29.9 Å². The Hall–Kier alpha value is -3.12. The highest BCUT2D eigenvalue weighted by molar-refractivity contribution is 7.17. The quantitative estimate of drug-likeness (QED) is 0.323. The van der Waals surface area contributed by atoms with E-state index in [0.717, 1.165) is 54.4 Å². The van der Waals surface area contributed by atoms with Crippen LogP contribution in [0.15, 0.2) is 29.3 Å². The molecular formula is C32H48ClN7O3S. The Balaban J connectivity index is 0.000000302. The first-order chi connectivity index (χ1) is 21.1. The second-order valence-electron chi connectivity index (χ2n) is 10.4. The van der Waals surface area contributed by atoms with Gasteiger partial charge in [0.25, 0.3) is 0 Å². The Morgan fingerprint density at radius 3 is 2.23 bits per heavy atom. The fraction of sp³-hybridized carbons (Fsp3) is 0.531. The van der Waals surface area contributed by atoms with E-state index in [9.17, 15) is 14.7 Å². The standard InChI is InChI=1S/C17H13ClN4O2S.C10H21N3O.C3H8.C2H6/c1-8-13-14(10-3-5-11(18)6-4-10)19-7-12-21-20-9(2)22(12)16(13)25-15(8)17(23)24;1-10(14)11-4-3-5-13-8-6-12(2)7-9-13;1-3-2;1-2/h3-6H,7H2,1-2H3,(H,23,24);3-9H2,1-2H3,(H,11,14);3H2,1-2H3;1-2H3. The van der Waals surface area contributed by atoms with Crippen LogP contribution < -0.4 is 5.32 Å². The number of likely N-dealkylation sites (N-methyl/N-ethyl adjacent to an activating group) is 1. The number of hydrogen-bond donors (Lipinski definition) is 2. The van der Waals surface area contributed by atoms with E-state index < -0.39 is 5.97 Å². The van der Waals surface area contributed by atoms with Gasteiger partial charge in [-0.25, -0.2) is 4.79 Å². The molecular weight excluding hydrogens is 598 g/mol. The highest BCUT2D eigenvalue weighted by atomic mass is 35.5. The van der Waals surface area contributed by atoms with Gasteiger partial charge in [0, 0.05) is 55.8 Å². The number of benzene rings is 1. The molecule has 0 radical (unpaired) electrons. The fourth-order valence-corrected chi connectivity index (χ4v) is 5.96. The molecule has 1 fully saturated rings. The first-order valence-corrected chi connectivity index (χ1v) is 16.5.